The van der Waals surface area contributed by atoms with Crippen LogP contribution in [0.5, 0.6) is 0 Å². The predicted molar refractivity (Wildman–Crippen MR) is 136 cm³/mol. The first kappa shape index (κ1) is 21.6. The van der Waals surface area contributed by atoms with Crippen molar-refractivity contribution in [3.05, 3.63) is 46.8 Å². The molecule has 0 saturated carbocycles. The van der Waals surface area contributed by atoms with Crippen molar-refractivity contribution >= 4 is 22.7 Å². The zero-order valence-corrected chi connectivity index (χ0v) is 19.8. The van der Waals surface area contributed by atoms with Gasteiger partial charge in [-0.05, 0) is 63.9 Å². The minimum atomic E-state index is -0.133. The number of benzene rings is 1. The average molecular weight is 460 g/mol. The Balaban J connectivity index is 1.42. The summed E-state index contributed by atoms with van der Waals surface area (Å²) in [5.74, 6) is 1.99. The molecule has 1 aromatic carbocycles. The smallest absolute Gasteiger partial charge is 0.263 e. The van der Waals surface area contributed by atoms with Gasteiger partial charge in [0.05, 0.1) is 11.2 Å². The minimum absolute atomic E-state index is 0.133. The van der Waals surface area contributed by atoms with Crippen molar-refractivity contribution in [2.75, 3.05) is 50.0 Å². The second-order valence-corrected chi connectivity index (χ2v) is 10.1. The van der Waals surface area contributed by atoms with Crippen LogP contribution in [0.2, 0.25) is 0 Å². The van der Waals surface area contributed by atoms with Gasteiger partial charge < -0.3 is 20.4 Å². The van der Waals surface area contributed by atoms with Gasteiger partial charge in [0.15, 0.2) is 0 Å². The molecule has 2 unspecified atom stereocenters. The average Bonchev–Trinajstić information content (AvgIpc) is 3.27. The van der Waals surface area contributed by atoms with Crippen molar-refractivity contribution < 1.29 is 0 Å². The van der Waals surface area contributed by atoms with Crippen LogP contribution >= 0.6 is 0 Å². The van der Waals surface area contributed by atoms with Crippen LogP contribution in [0.4, 0.5) is 11.8 Å². The molecular weight excluding hydrogens is 426 g/mol. The number of hydrogen-bond donors (Lipinski definition) is 3. The van der Waals surface area contributed by atoms with Gasteiger partial charge in [0, 0.05) is 37.1 Å². The molecule has 0 aliphatic carbocycles. The molecule has 8 heteroatoms. The number of aromatic nitrogens is 3. The van der Waals surface area contributed by atoms with Crippen molar-refractivity contribution in [2.45, 2.75) is 37.8 Å². The fourth-order valence-electron chi connectivity index (χ4n) is 5.87. The van der Waals surface area contributed by atoms with E-state index in [1.54, 1.807) is 0 Å². The van der Waals surface area contributed by atoms with E-state index in [2.05, 4.69) is 32.5 Å². The Morgan fingerprint density at radius 1 is 1.06 bits per heavy atom. The Labute approximate surface area is 199 Å². The zero-order valence-electron chi connectivity index (χ0n) is 19.8. The highest BCUT2D eigenvalue weighted by Gasteiger charge is 2.39. The largest absolute Gasteiger partial charge is 0.365 e. The summed E-state index contributed by atoms with van der Waals surface area (Å²) in [5.41, 5.74) is 1.92. The lowest BCUT2D eigenvalue weighted by Gasteiger charge is -2.37. The Bertz CT molecular complexity index is 1240. The Morgan fingerprint density at radius 3 is 2.82 bits per heavy atom. The molecule has 3 aromatic rings. The molecular formula is C26H33N7O. The molecule has 0 bridgehead atoms. The number of likely N-dealkylation sites (tertiary alicyclic amines) is 1. The number of H-pyrrole nitrogens is 1. The topological polar surface area (TPSA) is 89.2 Å². The van der Waals surface area contributed by atoms with Gasteiger partial charge in [-0.3, -0.25) is 9.78 Å². The first-order chi connectivity index (χ1) is 16.7. The summed E-state index contributed by atoms with van der Waals surface area (Å²) in [5, 5.41) is 8.13. The lowest BCUT2D eigenvalue weighted by atomic mass is 9.92. The third kappa shape index (κ3) is 4.05. The van der Waals surface area contributed by atoms with Gasteiger partial charge in [-0.15, -0.1) is 0 Å². The third-order valence-electron chi connectivity index (χ3n) is 7.74. The number of piperidine rings is 2. The summed E-state index contributed by atoms with van der Waals surface area (Å²) in [6.45, 7) is 5.00. The molecule has 3 aliphatic heterocycles. The van der Waals surface area contributed by atoms with Crippen molar-refractivity contribution in [1.29, 1.82) is 0 Å². The summed E-state index contributed by atoms with van der Waals surface area (Å²) in [6, 6.07) is 12.6. The van der Waals surface area contributed by atoms with Gasteiger partial charge in [-0.25, -0.2) is 4.98 Å². The van der Waals surface area contributed by atoms with Gasteiger partial charge >= 0.3 is 0 Å². The van der Waals surface area contributed by atoms with Gasteiger partial charge in [0.25, 0.3) is 5.56 Å². The van der Waals surface area contributed by atoms with E-state index in [-0.39, 0.29) is 11.6 Å². The van der Waals surface area contributed by atoms with E-state index < -0.39 is 0 Å². The third-order valence-corrected chi connectivity index (χ3v) is 7.74. The number of aromatic amines is 1. The number of likely N-dealkylation sites (N-methyl/N-ethyl adjacent to an activating group) is 1. The summed E-state index contributed by atoms with van der Waals surface area (Å²) in [6.07, 6.45) is 4.53. The van der Waals surface area contributed by atoms with Crippen LogP contribution in [0.25, 0.3) is 22.2 Å². The maximum Gasteiger partial charge on any atom is 0.263 e. The summed E-state index contributed by atoms with van der Waals surface area (Å²) >= 11 is 0. The SMILES string of the molecule is CN1CCC2CCN(c3nc(N[C@@H]4CCCNC4)c(-c4ccc5ccccc5n4)c(=O)[nH]3)C2C1. The van der Waals surface area contributed by atoms with Gasteiger partial charge in [-0.2, -0.15) is 4.98 Å². The first-order valence-corrected chi connectivity index (χ1v) is 12.6. The molecule has 3 fully saturated rings. The number of fused-ring (bicyclic) bond motifs is 2. The van der Waals surface area contributed by atoms with E-state index >= 15 is 0 Å². The molecule has 0 spiro atoms. The summed E-state index contributed by atoms with van der Waals surface area (Å²) in [4.78, 5) is 31.3. The molecule has 8 nitrogen and oxygen atoms in total. The van der Waals surface area contributed by atoms with Crippen LogP contribution in [0.1, 0.15) is 25.7 Å². The maximum absolute atomic E-state index is 13.6. The Kier molecular flexibility index (Phi) is 5.71. The molecule has 5 heterocycles. The van der Waals surface area contributed by atoms with Gasteiger partial charge in [-0.1, -0.05) is 24.3 Å². The monoisotopic (exact) mass is 459 g/mol. The zero-order chi connectivity index (χ0) is 23.1. The van der Waals surface area contributed by atoms with Crippen molar-refractivity contribution in [3.8, 4) is 11.3 Å². The van der Waals surface area contributed by atoms with Crippen molar-refractivity contribution in [1.82, 2.24) is 25.2 Å². The molecule has 178 valence electrons. The fraction of sp³-hybridized carbons (Fsp3) is 0.500. The minimum Gasteiger partial charge on any atom is -0.365 e. The van der Waals surface area contributed by atoms with Crippen molar-refractivity contribution in [3.63, 3.8) is 0 Å². The van der Waals surface area contributed by atoms with E-state index in [0.717, 1.165) is 62.9 Å². The molecule has 0 radical (unpaired) electrons. The fourth-order valence-corrected chi connectivity index (χ4v) is 5.87. The quantitative estimate of drug-likeness (QED) is 0.553. The molecule has 2 aromatic heterocycles. The van der Waals surface area contributed by atoms with E-state index in [9.17, 15) is 4.79 Å². The lowest BCUT2D eigenvalue weighted by Crippen LogP contribution is -2.47. The number of nitrogens with one attached hydrogen (secondary N) is 3. The highest BCUT2D eigenvalue weighted by molar-refractivity contribution is 5.83. The Morgan fingerprint density at radius 2 is 1.94 bits per heavy atom. The van der Waals surface area contributed by atoms with Crippen LogP contribution in [0, 0.1) is 5.92 Å². The van der Waals surface area contributed by atoms with E-state index in [4.69, 9.17) is 9.97 Å². The first-order valence-electron chi connectivity index (χ1n) is 12.6. The summed E-state index contributed by atoms with van der Waals surface area (Å²) < 4.78 is 0. The predicted octanol–water partition coefficient (Wildman–Crippen LogP) is 2.68. The number of rotatable bonds is 4. The second kappa shape index (κ2) is 9.00. The molecule has 3 atom stereocenters. The van der Waals surface area contributed by atoms with Gasteiger partial charge in [0.2, 0.25) is 5.95 Å². The second-order valence-electron chi connectivity index (χ2n) is 10.1. The lowest BCUT2D eigenvalue weighted by molar-refractivity contribution is 0.207. The Hall–Kier alpha value is -2.97. The van der Waals surface area contributed by atoms with Crippen LogP contribution in [0.3, 0.4) is 0 Å². The molecule has 6 rings (SSSR count). The highest BCUT2D eigenvalue weighted by atomic mass is 16.1. The van der Waals surface area contributed by atoms with E-state index in [1.807, 2.05) is 36.4 Å². The molecule has 3 saturated heterocycles. The van der Waals surface area contributed by atoms with Gasteiger partial charge in [0.1, 0.15) is 11.4 Å². The van der Waals surface area contributed by atoms with Crippen LogP contribution in [0.15, 0.2) is 41.2 Å². The molecule has 3 N–H and O–H groups in total. The van der Waals surface area contributed by atoms with Crippen LogP contribution in [-0.4, -0.2) is 71.7 Å². The van der Waals surface area contributed by atoms with Crippen molar-refractivity contribution in [2.24, 2.45) is 5.92 Å². The van der Waals surface area contributed by atoms with Crippen LogP contribution < -0.4 is 21.1 Å². The van der Waals surface area contributed by atoms with E-state index in [1.165, 1.54) is 6.42 Å². The van der Waals surface area contributed by atoms with E-state index in [0.29, 0.717) is 35.0 Å². The number of nitrogens with zero attached hydrogens (tertiary/aromatic N) is 4. The number of hydrogen-bond acceptors (Lipinski definition) is 7. The highest BCUT2D eigenvalue weighted by Crippen LogP contribution is 2.34. The number of anilines is 2. The molecule has 34 heavy (non-hydrogen) atoms. The normalized spacial score (nSPS) is 25.4. The molecule has 3 aliphatic rings. The molecule has 0 amide bonds. The maximum atomic E-state index is 13.6. The summed E-state index contributed by atoms with van der Waals surface area (Å²) in [7, 11) is 2.18. The number of para-hydroxylation sites is 1. The standard InChI is InChI=1S/C26H33N7O/c1-32-13-10-18-11-14-33(22(18)16-32)26-30-24(28-19-6-4-12-27-15-19)23(25(34)31-26)21-9-8-17-5-2-3-7-20(17)29-21/h2-3,5,7-9,18-19,22,27H,4,6,10-16H2,1H3,(H2,28,30,31,34)/t18?,19-,22?/m1/s1. The number of pyridine rings is 1. The van der Waals surface area contributed by atoms with Crippen LogP contribution in [-0.2, 0) is 0 Å².